The molecule has 19 heavy (non-hydrogen) atoms. The fraction of sp³-hybridized carbons (Fsp3) is 0.200. The van der Waals surface area contributed by atoms with Crippen LogP contribution in [0.3, 0.4) is 0 Å². The fourth-order valence-corrected chi connectivity index (χ4v) is 1.60. The molecule has 2 rings (SSSR count). The maximum absolute atomic E-state index is 10.4. The fourth-order valence-electron chi connectivity index (χ4n) is 0.770. The van der Waals surface area contributed by atoms with E-state index >= 15 is 0 Å². The van der Waals surface area contributed by atoms with Gasteiger partial charge in [0.05, 0.1) is 3.70 Å². The third-order valence-corrected chi connectivity index (χ3v) is 2.56. The Labute approximate surface area is 139 Å². The van der Waals surface area contributed by atoms with Gasteiger partial charge in [-0.25, -0.2) is 5.10 Å². The molecule has 0 aliphatic heterocycles. The van der Waals surface area contributed by atoms with Gasteiger partial charge in [-0.15, -0.1) is 0 Å². The summed E-state index contributed by atoms with van der Waals surface area (Å²) >= 11 is 4.05. The van der Waals surface area contributed by atoms with Crippen LogP contribution in [0.5, 0.6) is 0 Å². The molecular weight excluding hydrogens is 474 g/mol. The number of amides is 1. The smallest absolute Gasteiger partial charge is 0.269 e. The van der Waals surface area contributed by atoms with E-state index in [0.717, 1.165) is 7.40 Å². The Bertz CT molecular complexity index is 576. The lowest BCUT2D eigenvalue weighted by molar-refractivity contribution is 0.0995. The Morgan fingerprint density at radius 3 is 2.32 bits per heavy atom. The molecule has 2 aromatic heterocycles. The van der Waals surface area contributed by atoms with Gasteiger partial charge < -0.3 is 10.6 Å². The minimum atomic E-state index is -0.505. The zero-order valence-electron chi connectivity index (χ0n) is 10.9. The van der Waals surface area contributed by atoms with Crippen molar-refractivity contribution in [2.24, 2.45) is 5.73 Å². The van der Waals surface area contributed by atoms with Crippen LogP contribution in [0.15, 0.2) is 12.1 Å². The Balaban J connectivity index is 0.000000304. The summed E-state index contributed by atoms with van der Waals surface area (Å²) in [6.45, 7) is 8.80. The van der Waals surface area contributed by atoms with Gasteiger partial charge >= 0.3 is 0 Å². The summed E-state index contributed by atoms with van der Waals surface area (Å²) in [5, 5.41) is 12.5. The lowest BCUT2D eigenvalue weighted by Crippen LogP contribution is -2.10. The van der Waals surface area contributed by atoms with Crippen LogP contribution in [0.2, 0.25) is 0 Å². The number of hydrogen-bond acceptors (Lipinski definition) is 3. The maximum Gasteiger partial charge on any atom is 0.269 e. The Morgan fingerprint density at radius 2 is 2.11 bits per heavy atom. The number of nitrogens with one attached hydrogen (secondary N) is 2. The number of nitrogens with two attached hydrogens (primary N) is 1. The third kappa shape index (κ3) is 7.11. The highest BCUT2D eigenvalue weighted by molar-refractivity contribution is 14.1. The lowest BCUT2D eigenvalue weighted by Gasteiger charge is -1.78. The summed E-state index contributed by atoms with van der Waals surface area (Å²) in [5.74, 6) is -0.0106. The molecule has 0 radical (unpaired) electrons. The molecule has 9 heteroatoms. The first-order chi connectivity index (χ1) is 9.44. The van der Waals surface area contributed by atoms with Gasteiger partial charge in [0.2, 0.25) is 0 Å². The van der Waals surface area contributed by atoms with Gasteiger partial charge in [-0.1, -0.05) is 25.5 Å². The van der Waals surface area contributed by atoms with E-state index in [1.54, 1.807) is 19.1 Å². The summed E-state index contributed by atoms with van der Waals surface area (Å²) in [6, 6.07) is 3.27. The molecule has 0 spiro atoms. The van der Waals surface area contributed by atoms with Crippen LogP contribution in [0.1, 0.15) is 25.7 Å². The second kappa shape index (κ2) is 9.73. The molecule has 0 aliphatic rings. The highest BCUT2D eigenvalue weighted by Gasteiger charge is 2.02. The van der Waals surface area contributed by atoms with Gasteiger partial charge in [-0.3, -0.25) is 9.89 Å². The van der Waals surface area contributed by atoms with E-state index in [-0.39, 0.29) is 5.69 Å². The minimum Gasteiger partial charge on any atom is -0.364 e. The number of halogens is 2. The van der Waals surface area contributed by atoms with Crippen molar-refractivity contribution in [3.63, 3.8) is 0 Å². The number of rotatable bonds is 1. The molecule has 0 atom stereocenters. The number of primary amides is 1. The van der Waals surface area contributed by atoms with Crippen LogP contribution in [0.25, 0.3) is 4.85 Å². The number of aromatic nitrogens is 4. The molecule has 0 saturated heterocycles. The Morgan fingerprint density at radius 1 is 1.47 bits per heavy atom. The van der Waals surface area contributed by atoms with Crippen LogP contribution >= 0.6 is 45.2 Å². The first kappa shape index (κ1) is 15.9. The average molecular weight is 487 g/mol. The summed E-state index contributed by atoms with van der Waals surface area (Å²) in [7, 11) is 0. The molecule has 0 fully saturated rings. The van der Waals surface area contributed by atoms with Crippen molar-refractivity contribution in [3.05, 3.63) is 36.6 Å². The van der Waals surface area contributed by atoms with Crippen molar-refractivity contribution >= 4 is 56.9 Å². The van der Waals surface area contributed by atoms with Crippen LogP contribution in [0.4, 0.5) is 5.82 Å². The number of hydrogen-bond donors (Lipinski definition) is 3. The third-order valence-electron chi connectivity index (χ3n) is 1.45. The van der Waals surface area contributed by atoms with E-state index in [2.05, 4.69) is 25.2 Å². The van der Waals surface area contributed by atoms with E-state index in [1.165, 1.54) is 0 Å². The number of aromatic amines is 2. The van der Waals surface area contributed by atoms with E-state index < -0.39 is 5.91 Å². The summed E-state index contributed by atoms with van der Waals surface area (Å²) in [5.41, 5.74) is 5.18. The predicted molar refractivity (Wildman–Crippen MR) is 88.7 cm³/mol. The van der Waals surface area contributed by atoms with Crippen LogP contribution < -0.4 is 5.73 Å². The minimum absolute atomic E-state index is 0.277. The van der Waals surface area contributed by atoms with Crippen molar-refractivity contribution < 1.29 is 6.17 Å². The van der Waals surface area contributed by atoms with Crippen LogP contribution in [-0.4, -0.2) is 26.3 Å². The highest BCUT2D eigenvalue weighted by atomic mass is 127. The Kier molecular flexibility index (Phi) is 8.14. The van der Waals surface area contributed by atoms with E-state index in [4.69, 9.17) is 13.7 Å². The number of nitrogens with zero attached hydrogens (tertiary/aromatic N) is 3. The van der Waals surface area contributed by atoms with Gasteiger partial charge in [-0.05, 0) is 51.2 Å². The van der Waals surface area contributed by atoms with E-state index in [0.29, 0.717) is 12.7 Å². The quantitative estimate of drug-likeness (QED) is 0.426. The van der Waals surface area contributed by atoms with Crippen LogP contribution in [0, 0.1) is 14.0 Å². The average Bonchev–Trinajstić information content (AvgIpc) is 2.99. The van der Waals surface area contributed by atoms with Crippen molar-refractivity contribution in [2.45, 2.75) is 13.8 Å². The molecular formula is C10H12I2N6O. The molecule has 0 bridgehead atoms. The van der Waals surface area contributed by atoms with Gasteiger partial charge in [0.25, 0.3) is 11.7 Å². The molecule has 102 valence electrons. The van der Waals surface area contributed by atoms with Gasteiger partial charge in [0.1, 0.15) is 3.70 Å². The number of carbonyl (C=O) groups excluding carboxylic acids is 1. The first-order valence-electron chi connectivity index (χ1n) is 5.53. The molecule has 0 aliphatic carbocycles. The second-order valence-electron chi connectivity index (χ2n) is 2.65. The SMILES string of the molecule is NC(=O)c1cc(I)[nH]n1.[2H]CC.[C-]#[N+]c1cc(I)n[nH]1. The first-order valence-corrected chi connectivity index (χ1v) is 6.98. The van der Waals surface area contributed by atoms with E-state index in [1.807, 2.05) is 45.2 Å². The van der Waals surface area contributed by atoms with Crippen molar-refractivity contribution in [1.82, 2.24) is 20.4 Å². The number of H-pyrrole nitrogens is 2. The molecule has 2 heterocycles. The normalized spacial score (nSPS) is 9.05. The lowest BCUT2D eigenvalue weighted by atomic mass is 10.4. The molecule has 0 saturated carbocycles. The molecule has 7 nitrogen and oxygen atoms in total. The van der Waals surface area contributed by atoms with E-state index in [9.17, 15) is 4.79 Å². The van der Waals surface area contributed by atoms with Crippen molar-refractivity contribution in [2.75, 3.05) is 0 Å². The summed E-state index contributed by atoms with van der Waals surface area (Å²) < 4.78 is 7.84. The highest BCUT2D eigenvalue weighted by Crippen LogP contribution is 2.09. The van der Waals surface area contributed by atoms with Crippen molar-refractivity contribution in [1.29, 1.82) is 0 Å². The van der Waals surface area contributed by atoms with Crippen LogP contribution in [-0.2, 0) is 0 Å². The largest absolute Gasteiger partial charge is 0.364 e. The monoisotopic (exact) mass is 487 g/mol. The standard InChI is InChI=1S/C4H4IN3O.C4H2IN3.C2H6/c5-3-1-2(4(6)9)7-8-3;1-6-4-2-3(5)7-8-4;1-2/h1H,(H2,6,9)(H,7,8);2H,(H,7,8);1-2H3/i;;1D. The molecule has 0 aromatic carbocycles. The Hall–Kier alpha value is -1.16. The predicted octanol–water partition coefficient (Wildman–Crippen LogP) is 2.70. The molecule has 2 aromatic rings. The molecule has 0 unspecified atom stereocenters. The van der Waals surface area contributed by atoms with Gasteiger partial charge in [-0.2, -0.15) is 5.10 Å². The van der Waals surface area contributed by atoms with Gasteiger partial charge in [0, 0.05) is 7.44 Å². The molecule has 4 N–H and O–H groups in total. The topological polar surface area (TPSA) is 105 Å². The second-order valence-corrected chi connectivity index (χ2v) is 4.92. The zero-order valence-corrected chi connectivity index (χ0v) is 14.3. The maximum atomic E-state index is 10.4. The number of carbonyl (C=O) groups is 1. The van der Waals surface area contributed by atoms with Crippen molar-refractivity contribution in [3.8, 4) is 0 Å². The summed E-state index contributed by atoms with van der Waals surface area (Å²) in [6.07, 6.45) is 0. The van der Waals surface area contributed by atoms with Gasteiger partial charge in [0.15, 0.2) is 5.69 Å². The summed E-state index contributed by atoms with van der Waals surface area (Å²) in [4.78, 5) is 13.5. The zero-order chi connectivity index (χ0) is 15.5. The molecule has 1 amide bonds.